The van der Waals surface area contributed by atoms with Crippen molar-refractivity contribution in [1.29, 1.82) is 0 Å². The Bertz CT molecular complexity index is 848. The van der Waals surface area contributed by atoms with Crippen LogP contribution in [0.15, 0.2) is 33.9 Å². The third-order valence-corrected chi connectivity index (χ3v) is 5.70. The van der Waals surface area contributed by atoms with E-state index in [0.29, 0.717) is 13.2 Å². The van der Waals surface area contributed by atoms with Gasteiger partial charge in [-0.3, -0.25) is 14.6 Å². The van der Waals surface area contributed by atoms with Crippen molar-refractivity contribution in [1.82, 2.24) is 24.9 Å². The van der Waals surface area contributed by atoms with Crippen LogP contribution < -0.4 is 5.32 Å². The average molecular weight is 544 g/mol. The second-order valence-electron chi connectivity index (χ2n) is 7.79. The highest BCUT2D eigenvalue weighted by Gasteiger charge is 2.28. The molecule has 172 valence electrons. The molecule has 2 unspecified atom stereocenters. The Kier molecular flexibility index (Phi) is 8.76. The van der Waals surface area contributed by atoms with Crippen LogP contribution in [0.3, 0.4) is 0 Å². The molecule has 2 aliphatic heterocycles. The number of nitrogens with one attached hydrogen (secondary N) is 1. The fourth-order valence-corrected chi connectivity index (χ4v) is 4.10. The van der Waals surface area contributed by atoms with E-state index in [2.05, 4.69) is 31.3 Å². The summed E-state index contributed by atoms with van der Waals surface area (Å²) in [6.07, 6.45) is 3.88. The van der Waals surface area contributed by atoms with Crippen LogP contribution in [-0.4, -0.2) is 85.1 Å². The molecule has 1 N–H and O–H groups in total. The van der Waals surface area contributed by atoms with Crippen molar-refractivity contribution in [3.63, 3.8) is 0 Å². The van der Waals surface area contributed by atoms with E-state index in [-0.39, 0.29) is 36.1 Å². The van der Waals surface area contributed by atoms with Crippen molar-refractivity contribution in [2.75, 3.05) is 59.6 Å². The predicted molar refractivity (Wildman–Crippen MR) is 129 cm³/mol. The van der Waals surface area contributed by atoms with Gasteiger partial charge < -0.3 is 24.1 Å². The SMILES string of the molecule is CN=C(NCC(c1ccc(C)o1)N1CCOCC1)N1CCOC(c2cnn(C)c2)C1.I. The van der Waals surface area contributed by atoms with Gasteiger partial charge in [-0.1, -0.05) is 0 Å². The molecule has 2 saturated heterocycles. The van der Waals surface area contributed by atoms with Gasteiger partial charge in [0.1, 0.15) is 17.6 Å². The number of aryl methyl sites for hydroxylation is 2. The number of nitrogens with zero attached hydrogens (tertiary/aromatic N) is 5. The molecule has 0 saturated carbocycles. The standard InChI is InChI=1S/C21H32N6O3.HI/c1-16-4-5-19(30-16)18(26-6-9-28-10-7-26)13-23-21(22-2)27-8-11-29-20(15-27)17-12-24-25(3)14-17;/h4-5,12,14,18,20H,6-11,13,15H2,1-3H3,(H,22,23);1H. The van der Waals surface area contributed by atoms with Crippen LogP contribution in [0.25, 0.3) is 0 Å². The molecule has 2 atom stereocenters. The number of hydrogen-bond acceptors (Lipinski definition) is 6. The van der Waals surface area contributed by atoms with Gasteiger partial charge >= 0.3 is 0 Å². The van der Waals surface area contributed by atoms with E-state index in [0.717, 1.165) is 62.4 Å². The Morgan fingerprint density at radius 3 is 2.71 bits per heavy atom. The lowest BCUT2D eigenvalue weighted by Crippen LogP contribution is -2.50. The summed E-state index contributed by atoms with van der Waals surface area (Å²) in [5.41, 5.74) is 1.09. The van der Waals surface area contributed by atoms with Crippen LogP contribution in [0.2, 0.25) is 0 Å². The van der Waals surface area contributed by atoms with Crippen LogP contribution in [0.5, 0.6) is 0 Å². The Morgan fingerprint density at radius 1 is 1.26 bits per heavy atom. The summed E-state index contributed by atoms with van der Waals surface area (Å²) in [6.45, 7) is 8.20. The van der Waals surface area contributed by atoms with Crippen LogP contribution in [0.4, 0.5) is 0 Å². The third kappa shape index (κ3) is 5.99. The topological polar surface area (TPSA) is 80.3 Å². The molecule has 0 aliphatic carbocycles. The zero-order valence-electron chi connectivity index (χ0n) is 18.5. The Balaban J connectivity index is 0.00000272. The lowest BCUT2D eigenvalue weighted by molar-refractivity contribution is -0.00870. The van der Waals surface area contributed by atoms with Crippen LogP contribution in [0.1, 0.15) is 29.2 Å². The van der Waals surface area contributed by atoms with E-state index in [1.165, 1.54) is 0 Å². The molecular weight excluding hydrogens is 511 g/mol. The minimum Gasteiger partial charge on any atom is -0.465 e. The molecule has 4 heterocycles. The first-order valence-electron chi connectivity index (χ1n) is 10.6. The normalized spacial score (nSPS) is 21.6. The minimum absolute atomic E-state index is 0. The van der Waals surface area contributed by atoms with E-state index >= 15 is 0 Å². The van der Waals surface area contributed by atoms with Crippen molar-refractivity contribution >= 4 is 29.9 Å². The van der Waals surface area contributed by atoms with E-state index in [1.54, 1.807) is 0 Å². The minimum atomic E-state index is -0.00577. The molecule has 2 fully saturated rings. The van der Waals surface area contributed by atoms with Gasteiger partial charge in [0.05, 0.1) is 38.6 Å². The van der Waals surface area contributed by atoms with Gasteiger partial charge in [0, 0.05) is 52.0 Å². The fraction of sp³-hybridized carbons (Fsp3) is 0.619. The molecule has 2 aromatic rings. The van der Waals surface area contributed by atoms with Gasteiger partial charge in [-0.15, -0.1) is 24.0 Å². The highest BCUT2D eigenvalue weighted by atomic mass is 127. The van der Waals surface area contributed by atoms with Crippen molar-refractivity contribution in [2.24, 2.45) is 12.0 Å². The van der Waals surface area contributed by atoms with Gasteiger partial charge in [0.2, 0.25) is 0 Å². The van der Waals surface area contributed by atoms with Crippen LogP contribution >= 0.6 is 24.0 Å². The maximum Gasteiger partial charge on any atom is 0.193 e. The second kappa shape index (κ2) is 11.3. The Labute approximate surface area is 200 Å². The van der Waals surface area contributed by atoms with Gasteiger partial charge in [-0.25, -0.2) is 0 Å². The molecule has 0 aromatic carbocycles. The van der Waals surface area contributed by atoms with E-state index in [4.69, 9.17) is 13.9 Å². The molecule has 0 radical (unpaired) electrons. The predicted octanol–water partition coefficient (Wildman–Crippen LogP) is 1.96. The van der Waals surface area contributed by atoms with Crippen molar-refractivity contribution < 1.29 is 13.9 Å². The van der Waals surface area contributed by atoms with Crippen molar-refractivity contribution in [2.45, 2.75) is 19.1 Å². The van der Waals surface area contributed by atoms with Gasteiger partial charge in [-0.2, -0.15) is 5.10 Å². The van der Waals surface area contributed by atoms with E-state index in [9.17, 15) is 0 Å². The Morgan fingerprint density at radius 2 is 2.06 bits per heavy atom. The first-order chi connectivity index (χ1) is 14.6. The quantitative estimate of drug-likeness (QED) is 0.350. The van der Waals surface area contributed by atoms with Crippen molar-refractivity contribution in [3.8, 4) is 0 Å². The number of ether oxygens (including phenoxy) is 2. The maximum absolute atomic E-state index is 5.98. The number of halogens is 1. The highest BCUT2D eigenvalue weighted by molar-refractivity contribution is 14.0. The molecule has 2 aliphatic rings. The third-order valence-electron chi connectivity index (χ3n) is 5.70. The molecular formula is C21H33IN6O3. The summed E-state index contributed by atoms with van der Waals surface area (Å²) in [7, 11) is 3.75. The molecule has 10 heteroatoms. The molecule has 4 rings (SSSR count). The van der Waals surface area contributed by atoms with Crippen LogP contribution in [-0.2, 0) is 16.5 Å². The zero-order chi connectivity index (χ0) is 20.9. The van der Waals surface area contributed by atoms with Gasteiger partial charge in [-0.05, 0) is 19.1 Å². The van der Waals surface area contributed by atoms with E-state index in [1.807, 2.05) is 44.2 Å². The summed E-state index contributed by atoms with van der Waals surface area (Å²) in [5, 5.41) is 7.85. The van der Waals surface area contributed by atoms with Crippen LogP contribution in [0, 0.1) is 6.92 Å². The molecule has 0 amide bonds. The number of aliphatic imine (C=N–C) groups is 1. The number of aromatic nitrogens is 2. The smallest absolute Gasteiger partial charge is 0.193 e. The number of furan rings is 1. The summed E-state index contributed by atoms with van der Waals surface area (Å²) >= 11 is 0. The van der Waals surface area contributed by atoms with E-state index < -0.39 is 0 Å². The molecule has 2 aromatic heterocycles. The first-order valence-corrected chi connectivity index (χ1v) is 10.6. The summed E-state index contributed by atoms with van der Waals surface area (Å²) < 4.78 is 19.3. The highest BCUT2D eigenvalue weighted by Crippen LogP contribution is 2.24. The zero-order valence-corrected chi connectivity index (χ0v) is 20.8. The summed E-state index contributed by atoms with van der Waals surface area (Å²) in [5.74, 6) is 2.79. The summed E-state index contributed by atoms with van der Waals surface area (Å²) in [6, 6.07) is 4.24. The fourth-order valence-electron chi connectivity index (χ4n) is 4.10. The number of guanidine groups is 1. The lowest BCUT2D eigenvalue weighted by atomic mass is 10.1. The number of rotatable bonds is 5. The molecule has 0 spiro atoms. The van der Waals surface area contributed by atoms with Crippen molar-refractivity contribution in [3.05, 3.63) is 41.6 Å². The summed E-state index contributed by atoms with van der Waals surface area (Å²) in [4.78, 5) is 9.21. The average Bonchev–Trinajstić information content (AvgIpc) is 3.40. The monoisotopic (exact) mass is 544 g/mol. The number of morpholine rings is 2. The largest absolute Gasteiger partial charge is 0.465 e. The molecule has 31 heavy (non-hydrogen) atoms. The van der Waals surface area contributed by atoms with Gasteiger partial charge in [0.25, 0.3) is 0 Å². The Hall–Kier alpha value is -1.63. The second-order valence-corrected chi connectivity index (χ2v) is 7.79. The van der Waals surface area contributed by atoms with Gasteiger partial charge in [0.15, 0.2) is 5.96 Å². The lowest BCUT2D eigenvalue weighted by Gasteiger charge is -2.37. The maximum atomic E-state index is 5.98. The molecule has 0 bridgehead atoms. The number of hydrogen-bond donors (Lipinski definition) is 1. The molecule has 9 nitrogen and oxygen atoms in total. The first kappa shape index (κ1) is 24.0.